The Morgan fingerprint density at radius 3 is 1.76 bits per heavy atom. The third kappa shape index (κ3) is 5.11. The summed E-state index contributed by atoms with van der Waals surface area (Å²) < 4.78 is 8.78. The SMILES string of the molecule is c1ccc(-c2ccc(N(c3ccc(-c4ccnc5c4oc4ccccc45)cc3)c3ccc4cccc(-n5c6ccccc6c6ccccc65)c4c3)cc2)cc1. The van der Waals surface area contributed by atoms with E-state index < -0.39 is 0 Å². The second-order valence-electron chi connectivity index (χ2n) is 14.0. The molecular formula is C51H33N3O. The van der Waals surface area contributed by atoms with Crippen molar-refractivity contribution in [1.82, 2.24) is 9.55 Å². The molecule has 0 aliphatic rings. The zero-order valence-electron chi connectivity index (χ0n) is 29.8. The number of rotatable bonds is 6. The summed E-state index contributed by atoms with van der Waals surface area (Å²) in [5.41, 5.74) is 13.7. The summed E-state index contributed by atoms with van der Waals surface area (Å²) in [6.45, 7) is 0. The number of para-hydroxylation sites is 3. The van der Waals surface area contributed by atoms with E-state index in [1.165, 1.54) is 43.7 Å². The van der Waals surface area contributed by atoms with Crippen LogP contribution >= 0.6 is 0 Å². The molecule has 4 nitrogen and oxygen atoms in total. The zero-order chi connectivity index (χ0) is 36.3. The molecule has 0 fully saturated rings. The van der Waals surface area contributed by atoms with Crippen LogP contribution in [0.15, 0.2) is 205 Å². The number of benzene rings is 8. The lowest BCUT2D eigenvalue weighted by Crippen LogP contribution is -2.10. The second kappa shape index (κ2) is 12.6. The lowest BCUT2D eigenvalue weighted by Gasteiger charge is -2.26. The summed E-state index contributed by atoms with van der Waals surface area (Å²) in [6, 6.07) is 69.2. The minimum atomic E-state index is 0.803. The van der Waals surface area contributed by atoms with Crippen LogP contribution in [0.5, 0.6) is 0 Å². The first-order valence-electron chi connectivity index (χ1n) is 18.6. The van der Waals surface area contributed by atoms with Crippen LogP contribution in [-0.2, 0) is 0 Å². The van der Waals surface area contributed by atoms with E-state index in [9.17, 15) is 0 Å². The van der Waals surface area contributed by atoms with E-state index in [1.807, 2.05) is 30.5 Å². The Labute approximate surface area is 317 Å². The van der Waals surface area contributed by atoms with E-state index in [2.05, 4.69) is 184 Å². The molecule has 11 aromatic rings. The van der Waals surface area contributed by atoms with Gasteiger partial charge in [0.2, 0.25) is 0 Å². The number of hydrogen-bond donors (Lipinski definition) is 0. The largest absolute Gasteiger partial charge is 0.454 e. The smallest absolute Gasteiger partial charge is 0.161 e. The normalized spacial score (nSPS) is 11.6. The Kier molecular flexibility index (Phi) is 7.14. The van der Waals surface area contributed by atoms with E-state index in [-0.39, 0.29) is 0 Å². The lowest BCUT2D eigenvalue weighted by molar-refractivity contribution is 0.669. The number of pyridine rings is 1. The third-order valence-corrected chi connectivity index (χ3v) is 10.8. The van der Waals surface area contributed by atoms with Gasteiger partial charge >= 0.3 is 0 Å². The molecule has 11 rings (SSSR count). The van der Waals surface area contributed by atoms with Gasteiger partial charge in [0.25, 0.3) is 0 Å². The van der Waals surface area contributed by atoms with E-state index in [1.54, 1.807) is 0 Å². The summed E-state index contributed by atoms with van der Waals surface area (Å²) >= 11 is 0. The van der Waals surface area contributed by atoms with Crippen molar-refractivity contribution in [3.63, 3.8) is 0 Å². The maximum absolute atomic E-state index is 6.36. The molecule has 0 atom stereocenters. The van der Waals surface area contributed by atoms with Crippen LogP contribution in [0.25, 0.3) is 82.6 Å². The van der Waals surface area contributed by atoms with Crippen molar-refractivity contribution in [3.8, 4) is 27.9 Å². The van der Waals surface area contributed by atoms with Crippen LogP contribution in [0.3, 0.4) is 0 Å². The van der Waals surface area contributed by atoms with Gasteiger partial charge in [-0.3, -0.25) is 4.98 Å². The molecule has 0 spiro atoms. The molecule has 3 aromatic heterocycles. The highest BCUT2D eigenvalue weighted by molar-refractivity contribution is 6.11. The highest BCUT2D eigenvalue weighted by atomic mass is 16.3. The summed E-state index contributed by atoms with van der Waals surface area (Å²) in [4.78, 5) is 7.04. The van der Waals surface area contributed by atoms with Gasteiger partial charge < -0.3 is 13.9 Å². The predicted molar refractivity (Wildman–Crippen MR) is 229 cm³/mol. The van der Waals surface area contributed by atoms with Gasteiger partial charge in [-0.2, -0.15) is 0 Å². The number of fused-ring (bicyclic) bond motifs is 7. The highest BCUT2D eigenvalue weighted by Gasteiger charge is 2.19. The highest BCUT2D eigenvalue weighted by Crippen LogP contribution is 2.41. The van der Waals surface area contributed by atoms with Crippen molar-refractivity contribution in [3.05, 3.63) is 200 Å². The molecule has 0 saturated carbocycles. The van der Waals surface area contributed by atoms with E-state index in [4.69, 9.17) is 4.42 Å². The number of anilines is 3. The second-order valence-corrected chi connectivity index (χ2v) is 14.0. The van der Waals surface area contributed by atoms with E-state index in [0.29, 0.717) is 0 Å². The summed E-state index contributed by atoms with van der Waals surface area (Å²) in [5, 5.41) is 5.89. The van der Waals surface area contributed by atoms with Gasteiger partial charge in [0.15, 0.2) is 5.58 Å². The van der Waals surface area contributed by atoms with Crippen molar-refractivity contribution in [2.75, 3.05) is 4.90 Å². The molecule has 0 radical (unpaired) electrons. The van der Waals surface area contributed by atoms with Gasteiger partial charge in [0, 0.05) is 50.4 Å². The number of nitrogens with zero attached hydrogens (tertiary/aromatic N) is 3. The molecule has 258 valence electrons. The fourth-order valence-electron chi connectivity index (χ4n) is 8.26. The number of aromatic nitrogens is 2. The molecule has 4 heteroatoms. The summed E-state index contributed by atoms with van der Waals surface area (Å²) in [7, 11) is 0. The Morgan fingerprint density at radius 2 is 1.04 bits per heavy atom. The first-order chi connectivity index (χ1) is 27.3. The fourth-order valence-corrected chi connectivity index (χ4v) is 8.26. The minimum absolute atomic E-state index is 0.803. The van der Waals surface area contributed by atoms with Gasteiger partial charge in [-0.05, 0) is 94.9 Å². The molecule has 3 heterocycles. The third-order valence-electron chi connectivity index (χ3n) is 10.8. The molecule has 0 amide bonds. The lowest BCUT2D eigenvalue weighted by atomic mass is 10.0. The molecule has 0 saturated heterocycles. The average molecular weight is 704 g/mol. The van der Waals surface area contributed by atoms with Crippen LogP contribution in [0, 0.1) is 0 Å². The summed E-state index contributed by atoms with van der Waals surface area (Å²) in [5.74, 6) is 0. The molecule has 0 bridgehead atoms. The Morgan fingerprint density at radius 1 is 0.436 bits per heavy atom. The number of hydrogen-bond acceptors (Lipinski definition) is 3. The van der Waals surface area contributed by atoms with Gasteiger partial charge in [0.1, 0.15) is 11.1 Å². The van der Waals surface area contributed by atoms with Crippen LogP contribution in [-0.4, -0.2) is 9.55 Å². The van der Waals surface area contributed by atoms with Gasteiger partial charge in [-0.15, -0.1) is 0 Å². The van der Waals surface area contributed by atoms with Gasteiger partial charge in [0.05, 0.1) is 16.7 Å². The van der Waals surface area contributed by atoms with Gasteiger partial charge in [-0.1, -0.05) is 121 Å². The molecule has 8 aromatic carbocycles. The van der Waals surface area contributed by atoms with E-state index in [0.717, 1.165) is 55.9 Å². The van der Waals surface area contributed by atoms with Crippen molar-refractivity contribution in [2.24, 2.45) is 0 Å². The van der Waals surface area contributed by atoms with Crippen LogP contribution in [0.2, 0.25) is 0 Å². The molecular weight excluding hydrogens is 671 g/mol. The Hall–Kier alpha value is -7.43. The van der Waals surface area contributed by atoms with Crippen molar-refractivity contribution in [1.29, 1.82) is 0 Å². The standard InChI is InChI=1S/C51H33N3O/c1-2-11-34(12-3-1)35-21-26-38(27-22-35)53(39-28-23-37(24-29-39)41-31-32-52-50-44-16-6-9-20-49(44)55-51(41)50)40-30-25-36-13-10-19-48(45(36)33-40)54-46-17-7-4-14-42(46)43-15-5-8-18-47(43)54/h1-33H. The quantitative estimate of drug-likeness (QED) is 0.173. The van der Waals surface area contributed by atoms with Crippen molar-refractivity contribution >= 4 is 71.7 Å². The monoisotopic (exact) mass is 703 g/mol. The maximum Gasteiger partial charge on any atom is 0.161 e. The molecule has 0 N–H and O–H groups in total. The number of furan rings is 1. The van der Waals surface area contributed by atoms with Crippen LogP contribution < -0.4 is 4.90 Å². The van der Waals surface area contributed by atoms with Crippen LogP contribution in [0.4, 0.5) is 17.1 Å². The molecule has 0 aliphatic carbocycles. The average Bonchev–Trinajstić information content (AvgIpc) is 3.81. The minimum Gasteiger partial charge on any atom is -0.454 e. The summed E-state index contributed by atoms with van der Waals surface area (Å²) in [6.07, 6.45) is 1.87. The van der Waals surface area contributed by atoms with E-state index >= 15 is 0 Å². The first-order valence-corrected chi connectivity index (χ1v) is 18.6. The zero-order valence-corrected chi connectivity index (χ0v) is 29.8. The van der Waals surface area contributed by atoms with Crippen molar-refractivity contribution in [2.45, 2.75) is 0 Å². The first kappa shape index (κ1) is 31.1. The Bertz CT molecular complexity index is 3140. The fraction of sp³-hybridized carbons (Fsp3) is 0. The molecule has 55 heavy (non-hydrogen) atoms. The maximum atomic E-state index is 6.36. The van der Waals surface area contributed by atoms with Crippen LogP contribution in [0.1, 0.15) is 0 Å². The Balaban J connectivity index is 1.08. The molecule has 0 unspecified atom stereocenters. The molecule has 0 aliphatic heterocycles. The van der Waals surface area contributed by atoms with Crippen molar-refractivity contribution < 1.29 is 4.42 Å². The topological polar surface area (TPSA) is 34.2 Å². The predicted octanol–water partition coefficient (Wildman–Crippen LogP) is 14.0. The van der Waals surface area contributed by atoms with Gasteiger partial charge in [-0.25, -0.2) is 0 Å².